The standard InChI is InChI=1S/C14H9F2N3O/c1-19-6-8(5-17)13(20)9-2-7-3-10(15)11(16)4-12(7)18-14(9)19/h2-4,8H,6H2,1H3. The van der Waals surface area contributed by atoms with Crippen molar-refractivity contribution in [3.05, 3.63) is 35.4 Å². The van der Waals surface area contributed by atoms with Gasteiger partial charge in [0.25, 0.3) is 0 Å². The van der Waals surface area contributed by atoms with Crippen LogP contribution in [-0.4, -0.2) is 24.4 Å². The number of Topliss-reactive ketones (excluding diaryl/α,β-unsaturated/α-hetero) is 1. The van der Waals surface area contributed by atoms with Crippen LogP contribution in [0.4, 0.5) is 14.6 Å². The summed E-state index contributed by atoms with van der Waals surface area (Å²) in [5.74, 6) is -2.69. The molecule has 4 nitrogen and oxygen atoms in total. The molecule has 0 amide bonds. The third-order valence-electron chi connectivity index (χ3n) is 3.39. The number of halogens is 2. The van der Waals surface area contributed by atoms with Gasteiger partial charge in [-0.1, -0.05) is 0 Å². The minimum Gasteiger partial charge on any atom is -0.357 e. The van der Waals surface area contributed by atoms with Gasteiger partial charge in [0.05, 0.1) is 17.1 Å². The first kappa shape index (κ1) is 12.5. The van der Waals surface area contributed by atoms with E-state index >= 15 is 0 Å². The van der Waals surface area contributed by atoms with E-state index in [2.05, 4.69) is 4.98 Å². The topological polar surface area (TPSA) is 57.0 Å². The molecule has 1 aliphatic rings. The molecule has 0 bridgehead atoms. The van der Waals surface area contributed by atoms with Gasteiger partial charge in [-0.15, -0.1) is 0 Å². The summed E-state index contributed by atoms with van der Waals surface area (Å²) in [4.78, 5) is 18.0. The molecule has 0 N–H and O–H groups in total. The second kappa shape index (κ2) is 4.23. The molecule has 100 valence electrons. The van der Waals surface area contributed by atoms with Crippen molar-refractivity contribution in [3.63, 3.8) is 0 Å². The molecule has 1 unspecified atom stereocenters. The van der Waals surface area contributed by atoms with E-state index in [0.29, 0.717) is 11.2 Å². The number of ketones is 1. The maximum absolute atomic E-state index is 13.2. The minimum absolute atomic E-state index is 0.241. The molecule has 6 heteroatoms. The van der Waals surface area contributed by atoms with Crippen LogP contribution < -0.4 is 4.90 Å². The Morgan fingerprint density at radius 2 is 2.05 bits per heavy atom. The van der Waals surface area contributed by atoms with Crippen LogP contribution in [0.3, 0.4) is 0 Å². The number of rotatable bonds is 0. The Morgan fingerprint density at radius 1 is 1.35 bits per heavy atom. The zero-order chi connectivity index (χ0) is 14.4. The van der Waals surface area contributed by atoms with Crippen LogP contribution in [0.25, 0.3) is 10.9 Å². The van der Waals surface area contributed by atoms with Crippen LogP contribution in [0.1, 0.15) is 10.4 Å². The molecule has 0 aliphatic carbocycles. The van der Waals surface area contributed by atoms with E-state index in [9.17, 15) is 13.6 Å². The maximum atomic E-state index is 13.2. The highest BCUT2D eigenvalue weighted by molar-refractivity contribution is 6.07. The van der Waals surface area contributed by atoms with Crippen molar-refractivity contribution in [1.82, 2.24) is 4.98 Å². The number of aromatic nitrogens is 1. The summed E-state index contributed by atoms with van der Waals surface area (Å²) in [6.07, 6.45) is 0. The lowest BCUT2D eigenvalue weighted by molar-refractivity contribution is 0.0945. The van der Waals surface area contributed by atoms with Crippen molar-refractivity contribution >= 4 is 22.5 Å². The highest BCUT2D eigenvalue weighted by atomic mass is 19.2. The Morgan fingerprint density at radius 3 is 2.75 bits per heavy atom. The highest BCUT2D eigenvalue weighted by Gasteiger charge is 2.31. The Balaban J connectivity index is 2.28. The third kappa shape index (κ3) is 1.71. The quantitative estimate of drug-likeness (QED) is 0.739. The number of hydrogen-bond acceptors (Lipinski definition) is 4. The van der Waals surface area contributed by atoms with E-state index in [4.69, 9.17) is 5.26 Å². The van der Waals surface area contributed by atoms with Crippen molar-refractivity contribution < 1.29 is 13.6 Å². The van der Waals surface area contributed by atoms with E-state index in [0.717, 1.165) is 12.1 Å². The summed E-state index contributed by atoms with van der Waals surface area (Å²) in [6, 6.07) is 5.40. The van der Waals surface area contributed by atoms with Crippen molar-refractivity contribution in [2.45, 2.75) is 0 Å². The summed E-state index contributed by atoms with van der Waals surface area (Å²) in [6.45, 7) is 0.241. The molecule has 0 radical (unpaired) electrons. The van der Waals surface area contributed by atoms with Gasteiger partial charge in [-0.05, 0) is 12.1 Å². The second-order valence-electron chi connectivity index (χ2n) is 4.75. The lowest BCUT2D eigenvalue weighted by Gasteiger charge is -2.28. The zero-order valence-corrected chi connectivity index (χ0v) is 10.5. The van der Waals surface area contributed by atoms with Gasteiger partial charge in [-0.2, -0.15) is 5.26 Å². The average molecular weight is 273 g/mol. The van der Waals surface area contributed by atoms with Gasteiger partial charge in [0, 0.05) is 25.0 Å². The second-order valence-corrected chi connectivity index (χ2v) is 4.75. The Kier molecular flexibility index (Phi) is 2.64. The molecule has 0 fully saturated rings. The molecular weight excluding hydrogens is 264 g/mol. The molecule has 1 aromatic carbocycles. The Labute approximate surface area is 113 Å². The molecule has 1 aliphatic heterocycles. The molecule has 0 spiro atoms. The summed E-state index contributed by atoms with van der Waals surface area (Å²) < 4.78 is 26.5. The van der Waals surface area contributed by atoms with E-state index < -0.39 is 17.6 Å². The summed E-state index contributed by atoms with van der Waals surface area (Å²) in [5.41, 5.74) is 0.543. The average Bonchev–Trinajstić information content (AvgIpc) is 2.43. The molecule has 3 rings (SSSR count). The Bertz CT molecular complexity index is 782. The van der Waals surface area contributed by atoms with E-state index in [1.807, 2.05) is 6.07 Å². The molecule has 1 atom stereocenters. The molecule has 0 saturated heterocycles. The van der Waals surface area contributed by atoms with Gasteiger partial charge in [0.2, 0.25) is 0 Å². The van der Waals surface area contributed by atoms with Gasteiger partial charge in [0.1, 0.15) is 11.7 Å². The monoisotopic (exact) mass is 273 g/mol. The first-order valence-electron chi connectivity index (χ1n) is 5.96. The molecule has 2 aromatic rings. The smallest absolute Gasteiger partial charge is 0.185 e. The van der Waals surface area contributed by atoms with Crippen molar-refractivity contribution in [2.75, 3.05) is 18.5 Å². The summed E-state index contributed by atoms with van der Waals surface area (Å²) in [7, 11) is 1.70. The first-order chi connectivity index (χ1) is 9.51. The van der Waals surface area contributed by atoms with Crippen LogP contribution in [0, 0.1) is 28.9 Å². The summed E-state index contributed by atoms with van der Waals surface area (Å²) >= 11 is 0. The Hall–Kier alpha value is -2.55. The number of carbonyl (C=O) groups is 1. The summed E-state index contributed by atoms with van der Waals surface area (Å²) in [5, 5.41) is 9.31. The fourth-order valence-electron chi connectivity index (χ4n) is 2.36. The van der Waals surface area contributed by atoms with Gasteiger partial charge in [0.15, 0.2) is 17.4 Å². The van der Waals surface area contributed by atoms with Crippen LogP contribution >= 0.6 is 0 Å². The number of pyridine rings is 1. The first-order valence-corrected chi connectivity index (χ1v) is 5.96. The minimum atomic E-state index is -0.993. The lowest BCUT2D eigenvalue weighted by atomic mass is 9.93. The number of fused-ring (bicyclic) bond motifs is 2. The van der Waals surface area contributed by atoms with Gasteiger partial charge < -0.3 is 4.90 Å². The number of benzene rings is 1. The number of nitriles is 1. The molecule has 1 aromatic heterocycles. The van der Waals surface area contributed by atoms with Crippen LogP contribution in [0.2, 0.25) is 0 Å². The van der Waals surface area contributed by atoms with E-state index in [1.165, 1.54) is 6.07 Å². The predicted molar refractivity (Wildman–Crippen MR) is 68.4 cm³/mol. The third-order valence-corrected chi connectivity index (χ3v) is 3.39. The fraction of sp³-hybridized carbons (Fsp3) is 0.214. The van der Waals surface area contributed by atoms with Crippen LogP contribution in [0.15, 0.2) is 18.2 Å². The SMILES string of the molecule is CN1CC(C#N)C(=O)c2cc3cc(F)c(F)cc3nc21. The molecule has 0 saturated carbocycles. The van der Waals surface area contributed by atoms with Gasteiger partial charge in [-0.25, -0.2) is 13.8 Å². The fourth-order valence-corrected chi connectivity index (χ4v) is 2.36. The van der Waals surface area contributed by atoms with Gasteiger partial charge >= 0.3 is 0 Å². The highest BCUT2D eigenvalue weighted by Crippen LogP contribution is 2.30. The lowest BCUT2D eigenvalue weighted by Crippen LogP contribution is -2.36. The zero-order valence-electron chi connectivity index (χ0n) is 10.5. The molecular formula is C14H9F2N3O. The number of hydrogen-bond donors (Lipinski definition) is 0. The number of carbonyl (C=O) groups excluding carboxylic acids is 1. The predicted octanol–water partition coefficient (Wildman–Crippen LogP) is 2.29. The van der Waals surface area contributed by atoms with E-state index in [1.54, 1.807) is 11.9 Å². The van der Waals surface area contributed by atoms with E-state index in [-0.39, 0.29) is 23.4 Å². The van der Waals surface area contributed by atoms with Crippen molar-refractivity contribution in [3.8, 4) is 6.07 Å². The van der Waals surface area contributed by atoms with Crippen LogP contribution in [0.5, 0.6) is 0 Å². The van der Waals surface area contributed by atoms with Crippen LogP contribution in [-0.2, 0) is 0 Å². The largest absolute Gasteiger partial charge is 0.357 e. The number of nitrogens with zero attached hydrogens (tertiary/aromatic N) is 3. The van der Waals surface area contributed by atoms with Crippen molar-refractivity contribution in [2.24, 2.45) is 5.92 Å². The molecule has 2 heterocycles. The number of anilines is 1. The normalized spacial score (nSPS) is 18.0. The van der Waals surface area contributed by atoms with Crippen molar-refractivity contribution in [1.29, 1.82) is 5.26 Å². The maximum Gasteiger partial charge on any atom is 0.185 e. The van der Waals surface area contributed by atoms with Gasteiger partial charge in [-0.3, -0.25) is 4.79 Å². The molecule has 20 heavy (non-hydrogen) atoms.